The highest BCUT2D eigenvalue weighted by molar-refractivity contribution is 7.87. The van der Waals surface area contributed by atoms with Gasteiger partial charge in [-0.2, -0.15) is 8.42 Å². The van der Waals surface area contributed by atoms with Gasteiger partial charge in [0.1, 0.15) is 33.1 Å². The zero-order valence-electron chi connectivity index (χ0n) is 14.6. The fourth-order valence-corrected chi connectivity index (χ4v) is 3.89. The van der Waals surface area contributed by atoms with E-state index in [-0.39, 0.29) is 22.0 Å². The average Bonchev–Trinajstić information content (AvgIpc) is 3.05. The Bertz CT molecular complexity index is 1320. The van der Waals surface area contributed by atoms with E-state index in [4.69, 9.17) is 13.3 Å². The Morgan fingerprint density at radius 2 is 1.71 bits per heavy atom. The van der Waals surface area contributed by atoms with Gasteiger partial charge in [-0.3, -0.25) is 0 Å². The molecule has 1 N–H and O–H groups in total. The Kier molecular flexibility index (Phi) is 4.20. The molecular weight excluding hydrogens is 384 g/mol. The lowest BCUT2D eigenvalue weighted by Gasteiger charge is -2.10. The molecule has 0 bridgehead atoms. The van der Waals surface area contributed by atoms with Crippen LogP contribution >= 0.6 is 0 Å². The summed E-state index contributed by atoms with van der Waals surface area (Å²) in [5, 5.41) is 10.8. The Labute approximate surface area is 159 Å². The van der Waals surface area contributed by atoms with E-state index in [2.05, 4.69) is 0 Å². The van der Waals surface area contributed by atoms with Crippen molar-refractivity contribution in [2.45, 2.75) is 4.90 Å². The van der Waals surface area contributed by atoms with Crippen molar-refractivity contribution < 1.29 is 31.7 Å². The second-order valence-electron chi connectivity index (χ2n) is 5.96. The first-order valence-electron chi connectivity index (χ1n) is 8.16. The van der Waals surface area contributed by atoms with Gasteiger partial charge in [0.2, 0.25) is 0 Å². The van der Waals surface area contributed by atoms with Gasteiger partial charge < -0.3 is 18.4 Å². The zero-order valence-corrected chi connectivity index (χ0v) is 15.4. The van der Waals surface area contributed by atoms with Crippen LogP contribution in [0, 0.1) is 0 Å². The second-order valence-corrected chi connectivity index (χ2v) is 7.51. The molecule has 0 amide bonds. The van der Waals surface area contributed by atoms with Gasteiger partial charge in [-0.15, -0.1) is 0 Å². The monoisotopic (exact) mass is 398 g/mol. The van der Waals surface area contributed by atoms with E-state index < -0.39 is 16.1 Å². The third kappa shape index (κ3) is 3.03. The molecule has 0 aliphatic carbocycles. The second kappa shape index (κ2) is 6.58. The fraction of sp³-hybridized carbons (Fsp3) is 0.0500. The van der Waals surface area contributed by atoms with Crippen LogP contribution in [0.4, 0.5) is 0 Å². The van der Waals surface area contributed by atoms with Gasteiger partial charge in [0.15, 0.2) is 0 Å². The number of carboxylic acid groups (broad SMARTS) is 1. The molecule has 28 heavy (non-hydrogen) atoms. The average molecular weight is 398 g/mol. The Hall–Kier alpha value is -3.52. The molecule has 1 heterocycles. The van der Waals surface area contributed by atoms with E-state index in [1.807, 2.05) is 24.3 Å². The predicted molar refractivity (Wildman–Crippen MR) is 101 cm³/mol. The van der Waals surface area contributed by atoms with E-state index >= 15 is 0 Å². The zero-order chi connectivity index (χ0) is 19.9. The third-order valence-electron chi connectivity index (χ3n) is 4.24. The lowest BCUT2D eigenvalue weighted by molar-refractivity contribution is 0.0693. The molecule has 7 nitrogen and oxygen atoms in total. The van der Waals surface area contributed by atoms with Gasteiger partial charge in [0.05, 0.1) is 7.11 Å². The summed E-state index contributed by atoms with van der Waals surface area (Å²) < 4.78 is 41.1. The first-order valence-corrected chi connectivity index (χ1v) is 9.57. The highest BCUT2D eigenvalue weighted by atomic mass is 32.2. The molecule has 0 atom stereocenters. The Morgan fingerprint density at radius 3 is 2.46 bits per heavy atom. The summed E-state index contributed by atoms with van der Waals surface area (Å²) in [6, 6.07) is 15.5. The molecule has 0 radical (unpaired) electrons. The largest absolute Gasteiger partial charge is 0.496 e. The number of hydrogen-bond acceptors (Lipinski definition) is 6. The lowest BCUT2D eigenvalue weighted by Crippen LogP contribution is -2.11. The van der Waals surface area contributed by atoms with Gasteiger partial charge in [-0.1, -0.05) is 18.2 Å². The van der Waals surface area contributed by atoms with Gasteiger partial charge >= 0.3 is 16.1 Å². The van der Waals surface area contributed by atoms with Crippen LogP contribution in [0.2, 0.25) is 0 Å². The predicted octanol–water partition coefficient (Wildman–Crippen LogP) is 4.06. The Balaban J connectivity index is 1.74. The quantitative estimate of drug-likeness (QED) is 0.506. The van der Waals surface area contributed by atoms with Crippen LogP contribution in [0.5, 0.6) is 11.5 Å². The molecule has 3 aromatic carbocycles. The minimum absolute atomic E-state index is 0.0535. The molecule has 0 fully saturated rings. The number of furan rings is 1. The topological polar surface area (TPSA) is 103 Å². The number of methoxy groups -OCH3 is 1. The molecule has 1 aromatic heterocycles. The maximum atomic E-state index is 12.6. The van der Waals surface area contributed by atoms with Crippen LogP contribution in [0.25, 0.3) is 21.9 Å². The van der Waals surface area contributed by atoms with Gasteiger partial charge in [0.25, 0.3) is 0 Å². The third-order valence-corrected chi connectivity index (χ3v) is 5.49. The van der Waals surface area contributed by atoms with E-state index in [1.54, 1.807) is 12.1 Å². The van der Waals surface area contributed by atoms with Crippen LogP contribution in [0.15, 0.2) is 70.0 Å². The van der Waals surface area contributed by atoms with Crippen molar-refractivity contribution in [2.24, 2.45) is 0 Å². The summed E-state index contributed by atoms with van der Waals surface area (Å²) >= 11 is 0. The molecule has 142 valence electrons. The smallest absolute Gasteiger partial charge is 0.339 e. The highest BCUT2D eigenvalue weighted by Crippen LogP contribution is 2.32. The summed E-state index contributed by atoms with van der Waals surface area (Å²) in [4.78, 5) is 11.0. The number of benzene rings is 3. The summed E-state index contributed by atoms with van der Waals surface area (Å²) in [6.07, 6.45) is 0. The molecule has 8 heteroatoms. The minimum atomic E-state index is -4.25. The normalized spacial score (nSPS) is 11.6. The van der Waals surface area contributed by atoms with Crippen molar-refractivity contribution in [1.82, 2.24) is 0 Å². The van der Waals surface area contributed by atoms with Crippen molar-refractivity contribution >= 4 is 38.0 Å². The number of hydrogen-bond donors (Lipinski definition) is 1. The number of carbonyl (C=O) groups is 1. The summed E-state index contributed by atoms with van der Waals surface area (Å²) in [7, 11) is -2.95. The van der Waals surface area contributed by atoms with Crippen molar-refractivity contribution in [3.8, 4) is 11.5 Å². The van der Waals surface area contributed by atoms with Crippen LogP contribution in [0.3, 0.4) is 0 Å². The van der Waals surface area contributed by atoms with Crippen molar-refractivity contribution in [3.63, 3.8) is 0 Å². The summed E-state index contributed by atoms with van der Waals surface area (Å²) in [6.45, 7) is 0. The number of fused-ring (bicyclic) bond motifs is 3. The van der Waals surface area contributed by atoms with E-state index in [9.17, 15) is 18.3 Å². The molecule has 0 aliphatic rings. The van der Waals surface area contributed by atoms with Crippen molar-refractivity contribution in [3.05, 3.63) is 66.2 Å². The Morgan fingerprint density at radius 1 is 0.964 bits per heavy atom. The number of ether oxygens (including phenoxy) is 1. The number of aromatic carboxylic acids is 1. The standard InChI is InChI=1S/C20H14O7S/c1-25-17-9-7-13(11-16(17)20(21)22)28(23,24)27-12-6-8-19-15(10-12)14-4-2-3-5-18(14)26-19/h2-11H,1H3,(H,21,22). The van der Waals surface area contributed by atoms with Crippen LogP contribution in [0.1, 0.15) is 10.4 Å². The maximum absolute atomic E-state index is 12.6. The molecule has 0 spiro atoms. The van der Waals surface area contributed by atoms with Crippen molar-refractivity contribution in [1.29, 1.82) is 0 Å². The summed E-state index contributed by atoms with van der Waals surface area (Å²) in [5.74, 6) is -1.16. The molecular formula is C20H14O7S. The molecule has 0 aliphatic heterocycles. The SMILES string of the molecule is COc1ccc(S(=O)(=O)Oc2ccc3oc4ccccc4c3c2)cc1C(=O)O. The van der Waals surface area contributed by atoms with Gasteiger partial charge in [-0.05, 0) is 42.5 Å². The van der Waals surface area contributed by atoms with Crippen LogP contribution in [-0.4, -0.2) is 26.6 Å². The summed E-state index contributed by atoms with van der Waals surface area (Å²) in [5.41, 5.74) is 1.01. The lowest BCUT2D eigenvalue weighted by atomic mass is 10.1. The molecule has 4 aromatic rings. The van der Waals surface area contributed by atoms with Gasteiger partial charge in [-0.25, -0.2) is 4.79 Å². The van der Waals surface area contributed by atoms with Gasteiger partial charge in [0, 0.05) is 10.8 Å². The highest BCUT2D eigenvalue weighted by Gasteiger charge is 2.22. The van der Waals surface area contributed by atoms with Crippen molar-refractivity contribution in [2.75, 3.05) is 7.11 Å². The molecule has 0 saturated heterocycles. The molecule has 4 rings (SSSR count). The number of para-hydroxylation sites is 1. The number of carboxylic acids is 1. The maximum Gasteiger partial charge on any atom is 0.339 e. The first-order chi connectivity index (χ1) is 13.4. The molecule has 0 saturated carbocycles. The number of rotatable bonds is 5. The minimum Gasteiger partial charge on any atom is -0.496 e. The first kappa shape index (κ1) is 17.9. The van der Waals surface area contributed by atoms with E-state index in [0.29, 0.717) is 16.6 Å². The van der Waals surface area contributed by atoms with Crippen LogP contribution in [-0.2, 0) is 10.1 Å². The van der Waals surface area contributed by atoms with E-state index in [1.165, 1.54) is 25.3 Å². The van der Waals surface area contributed by atoms with Crippen LogP contribution < -0.4 is 8.92 Å². The fourth-order valence-electron chi connectivity index (χ4n) is 2.94. The molecule has 0 unspecified atom stereocenters. The van der Waals surface area contributed by atoms with E-state index in [0.717, 1.165) is 11.5 Å².